The number of benzene rings is 1. The number of hydrazone groups is 1. The number of hydrogen-bond acceptors (Lipinski definition) is 8. The summed E-state index contributed by atoms with van der Waals surface area (Å²) in [5.74, 6) is -2.70. The van der Waals surface area contributed by atoms with Crippen LogP contribution in [0.1, 0.15) is 44.4 Å². The average Bonchev–Trinajstić information content (AvgIpc) is 3.35. The first-order valence-corrected chi connectivity index (χ1v) is 9.60. The first-order valence-electron chi connectivity index (χ1n) is 9.60. The standard InChI is InChI=1S/C17H21FN6O2.C2HF3O2/c1-9(2)7-12(19)16-21-17(26-23-16)13-8-14(15(20)25)24(22-13)11-5-3-10(18)4-6-11;3-2(4,5)1(6)7/h3-6,9,12,14H,7-8,19H2,1-2H3,(H2,20,25);(H,6,7). The van der Waals surface area contributed by atoms with Crippen LogP contribution in [-0.4, -0.2) is 45.1 Å². The molecule has 1 aromatic heterocycles. The van der Waals surface area contributed by atoms with Crippen molar-refractivity contribution in [2.75, 3.05) is 5.01 Å². The SMILES string of the molecule is CC(C)CC(N)c1noc(C2=NN(c3ccc(F)cc3)C(C(N)=O)C2)n1.O=C(O)C(F)(F)F. The molecular formula is C19H22F4N6O4. The largest absolute Gasteiger partial charge is 0.490 e. The van der Waals surface area contributed by atoms with E-state index < -0.39 is 24.1 Å². The minimum absolute atomic E-state index is 0.204. The minimum atomic E-state index is -5.08. The van der Waals surface area contributed by atoms with E-state index in [4.69, 9.17) is 25.9 Å². The van der Waals surface area contributed by atoms with E-state index in [1.165, 1.54) is 29.3 Å². The molecule has 2 atom stereocenters. The van der Waals surface area contributed by atoms with Gasteiger partial charge in [0.25, 0.3) is 5.89 Å². The topological polar surface area (TPSA) is 161 Å². The van der Waals surface area contributed by atoms with Gasteiger partial charge in [-0.2, -0.15) is 23.3 Å². The number of aromatic nitrogens is 2. The zero-order valence-electron chi connectivity index (χ0n) is 17.6. The van der Waals surface area contributed by atoms with E-state index in [0.29, 0.717) is 23.1 Å². The molecule has 1 aliphatic rings. The Bertz CT molecular complexity index is 1010. The summed E-state index contributed by atoms with van der Waals surface area (Å²) in [6, 6.07) is 4.57. The van der Waals surface area contributed by atoms with E-state index in [0.717, 1.165) is 6.42 Å². The highest BCUT2D eigenvalue weighted by Gasteiger charge is 2.38. The fourth-order valence-corrected chi connectivity index (χ4v) is 2.81. The normalized spacial score (nSPS) is 16.8. The maximum absolute atomic E-state index is 13.1. The van der Waals surface area contributed by atoms with Crippen molar-refractivity contribution in [2.45, 2.75) is 44.9 Å². The average molecular weight is 474 g/mol. The Morgan fingerprint density at radius 1 is 1.27 bits per heavy atom. The Hall–Kier alpha value is -3.55. The van der Waals surface area contributed by atoms with E-state index in [1.54, 1.807) is 0 Å². The number of carboxylic acid groups (broad SMARTS) is 1. The van der Waals surface area contributed by atoms with Gasteiger partial charge in [-0.1, -0.05) is 19.0 Å². The molecule has 10 nitrogen and oxygen atoms in total. The number of alkyl halides is 3. The summed E-state index contributed by atoms with van der Waals surface area (Å²) in [6.07, 6.45) is -4.15. The number of aliphatic carboxylic acids is 1. The van der Waals surface area contributed by atoms with Gasteiger partial charge in [0.1, 0.15) is 17.6 Å². The summed E-state index contributed by atoms with van der Waals surface area (Å²) in [6.45, 7) is 4.11. The lowest BCUT2D eigenvalue weighted by atomic mass is 10.0. The molecule has 0 radical (unpaired) electrons. The van der Waals surface area contributed by atoms with Crippen LogP contribution in [0.4, 0.5) is 23.2 Å². The van der Waals surface area contributed by atoms with Crippen LogP contribution >= 0.6 is 0 Å². The molecule has 0 bridgehead atoms. The zero-order chi connectivity index (χ0) is 24.9. The summed E-state index contributed by atoms with van der Waals surface area (Å²) in [4.78, 5) is 25.0. The Kier molecular flexibility index (Phi) is 8.08. The van der Waals surface area contributed by atoms with Crippen molar-refractivity contribution in [2.24, 2.45) is 22.5 Å². The lowest BCUT2D eigenvalue weighted by molar-refractivity contribution is -0.192. The summed E-state index contributed by atoms with van der Waals surface area (Å²) >= 11 is 0. The number of nitrogens with two attached hydrogens (primary N) is 2. The molecule has 0 spiro atoms. The van der Waals surface area contributed by atoms with Gasteiger partial charge in [-0.25, -0.2) is 9.18 Å². The molecular weight excluding hydrogens is 452 g/mol. The molecule has 3 rings (SSSR count). The van der Waals surface area contributed by atoms with Crippen LogP contribution < -0.4 is 16.5 Å². The van der Waals surface area contributed by atoms with Crippen LogP contribution in [0.25, 0.3) is 0 Å². The first-order chi connectivity index (χ1) is 15.3. The van der Waals surface area contributed by atoms with Crippen LogP contribution in [-0.2, 0) is 9.59 Å². The van der Waals surface area contributed by atoms with Crippen molar-refractivity contribution in [3.63, 3.8) is 0 Å². The molecule has 0 aliphatic carbocycles. The van der Waals surface area contributed by atoms with E-state index in [1.807, 2.05) is 0 Å². The number of rotatable bonds is 6. The smallest absolute Gasteiger partial charge is 0.475 e. The molecule has 5 N–H and O–H groups in total. The summed E-state index contributed by atoms with van der Waals surface area (Å²) in [5, 5.41) is 16.9. The fraction of sp³-hybridized carbons (Fsp3) is 0.421. The van der Waals surface area contributed by atoms with Gasteiger partial charge in [0.2, 0.25) is 5.91 Å². The molecule has 0 fully saturated rings. The van der Waals surface area contributed by atoms with Crippen molar-refractivity contribution in [3.05, 3.63) is 41.8 Å². The molecule has 2 aromatic rings. The number of nitrogens with zero attached hydrogens (tertiary/aromatic N) is 4. The lowest BCUT2D eigenvalue weighted by Crippen LogP contribution is -2.39. The third kappa shape index (κ3) is 6.97. The number of amides is 1. The number of carboxylic acids is 1. The molecule has 2 heterocycles. The molecule has 1 aliphatic heterocycles. The molecule has 1 aromatic carbocycles. The number of carbonyl (C=O) groups is 2. The van der Waals surface area contributed by atoms with E-state index >= 15 is 0 Å². The summed E-state index contributed by atoms with van der Waals surface area (Å²) in [7, 11) is 0. The van der Waals surface area contributed by atoms with Gasteiger partial charge in [0.05, 0.1) is 11.7 Å². The van der Waals surface area contributed by atoms with Gasteiger partial charge < -0.3 is 21.1 Å². The number of anilines is 1. The molecule has 1 amide bonds. The number of primary amides is 1. The van der Waals surface area contributed by atoms with Crippen molar-refractivity contribution in [3.8, 4) is 0 Å². The molecule has 0 saturated carbocycles. The van der Waals surface area contributed by atoms with Gasteiger partial charge in [0.15, 0.2) is 5.82 Å². The Balaban J connectivity index is 0.000000479. The second-order valence-electron chi connectivity index (χ2n) is 7.49. The minimum Gasteiger partial charge on any atom is -0.475 e. The zero-order valence-corrected chi connectivity index (χ0v) is 17.6. The van der Waals surface area contributed by atoms with E-state index in [-0.39, 0.29) is 24.2 Å². The predicted octanol–water partition coefficient (Wildman–Crippen LogP) is 2.36. The second-order valence-corrected chi connectivity index (χ2v) is 7.49. The van der Waals surface area contributed by atoms with Crippen molar-refractivity contribution in [1.29, 1.82) is 0 Å². The molecule has 2 unspecified atom stereocenters. The van der Waals surface area contributed by atoms with Crippen molar-refractivity contribution < 1.29 is 36.8 Å². The third-order valence-electron chi connectivity index (χ3n) is 4.32. The van der Waals surface area contributed by atoms with Crippen molar-refractivity contribution >= 4 is 23.3 Å². The maximum atomic E-state index is 13.1. The maximum Gasteiger partial charge on any atom is 0.490 e. The second kappa shape index (κ2) is 10.4. The van der Waals surface area contributed by atoms with E-state index in [2.05, 4.69) is 29.1 Å². The quantitative estimate of drug-likeness (QED) is 0.538. The highest BCUT2D eigenvalue weighted by molar-refractivity contribution is 6.04. The van der Waals surface area contributed by atoms with E-state index in [9.17, 15) is 22.4 Å². The molecule has 14 heteroatoms. The van der Waals surface area contributed by atoms with Crippen LogP contribution in [0.5, 0.6) is 0 Å². The number of hydrogen-bond donors (Lipinski definition) is 3. The van der Waals surface area contributed by atoms with Crippen LogP contribution in [0, 0.1) is 11.7 Å². The van der Waals surface area contributed by atoms with Gasteiger partial charge in [-0.3, -0.25) is 9.80 Å². The van der Waals surface area contributed by atoms with Gasteiger partial charge in [0, 0.05) is 6.42 Å². The predicted molar refractivity (Wildman–Crippen MR) is 107 cm³/mol. The Morgan fingerprint density at radius 2 is 1.85 bits per heavy atom. The number of halogens is 4. The molecule has 0 saturated heterocycles. The Morgan fingerprint density at radius 3 is 2.33 bits per heavy atom. The van der Waals surface area contributed by atoms with Gasteiger partial charge in [-0.05, 0) is 36.6 Å². The fourth-order valence-electron chi connectivity index (χ4n) is 2.81. The highest BCUT2D eigenvalue weighted by atomic mass is 19.4. The lowest BCUT2D eigenvalue weighted by Gasteiger charge is -2.20. The third-order valence-corrected chi connectivity index (χ3v) is 4.32. The van der Waals surface area contributed by atoms with Crippen LogP contribution in [0.3, 0.4) is 0 Å². The summed E-state index contributed by atoms with van der Waals surface area (Å²) in [5.41, 5.74) is 12.5. The summed E-state index contributed by atoms with van der Waals surface area (Å²) < 4.78 is 50.2. The van der Waals surface area contributed by atoms with Crippen LogP contribution in [0.2, 0.25) is 0 Å². The molecule has 180 valence electrons. The number of carbonyl (C=O) groups excluding carboxylic acids is 1. The van der Waals surface area contributed by atoms with Crippen molar-refractivity contribution in [1.82, 2.24) is 10.1 Å². The molecule has 33 heavy (non-hydrogen) atoms. The van der Waals surface area contributed by atoms with Gasteiger partial charge >= 0.3 is 12.1 Å². The Labute approximate surface area is 185 Å². The first kappa shape index (κ1) is 25.7. The van der Waals surface area contributed by atoms with Crippen LogP contribution in [0.15, 0.2) is 33.9 Å². The monoisotopic (exact) mass is 474 g/mol. The van der Waals surface area contributed by atoms with Gasteiger partial charge in [-0.15, -0.1) is 0 Å². The highest BCUT2D eigenvalue weighted by Crippen LogP contribution is 2.27.